The standard InChI is InChI=1S/C25H17Br2NO/c26-21-6-12-24(13-7-21)28(25-14-8-22(27)9-15-25)23-10-4-19(5-11-23)20-3-1-2-18(16-20)17-29/h1-17H. The van der Waals surface area contributed by atoms with Crippen molar-refractivity contribution in [1.29, 1.82) is 0 Å². The molecule has 0 amide bonds. The summed E-state index contributed by atoms with van der Waals surface area (Å²) in [6, 6.07) is 32.6. The van der Waals surface area contributed by atoms with E-state index in [1.807, 2.05) is 48.5 Å². The number of halogens is 2. The third-order valence-electron chi connectivity index (χ3n) is 4.65. The molecule has 0 bridgehead atoms. The molecular formula is C25H17Br2NO. The van der Waals surface area contributed by atoms with Gasteiger partial charge in [0.2, 0.25) is 0 Å². The highest BCUT2D eigenvalue weighted by Gasteiger charge is 2.12. The number of anilines is 3. The van der Waals surface area contributed by atoms with E-state index in [0.717, 1.165) is 43.4 Å². The molecule has 29 heavy (non-hydrogen) atoms. The first-order valence-electron chi connectivity index (χ1n) is 9.11. The zero-order valence-electron chi connectivity index (χ0n) is 15.4. The van der Waals surface area contributed by atoms with Crippen LogP contribution in [0.4, 0.5) is 17.1 Å². The molecule has 0 heterocycles. The van der Waals surface area contributed by atoms with Crippen LogP contribution in [0.25, 0.3) is 11.1 Å². The lowest BCUT2D eigenvalue weighted by atomic mass is 10.0. The summed E-state index contributed by atoms with van der Waals surface area (Å²) in [5.41, 5.74) is 5.99. The van der Waals surface area contributed by atoms with Crippen LogP contribution < -0.4 is 4.90 Å². The molecule has 4 heteroatoms. The lowest BCUT2D eigenvalue weighted by molar-refractivity contribution is 0.112. The molecule has 0 atom stereocenters. The van der Waals surface area contributed by atoms with Gasteiger partial charge in [0.25, 0.3) is 0 Å². The van der Waals surface area contributed by atoms with Crippen molar-refractivity contribution < 1.29 is 4.79 Å². The van der Waals surface area contributed by atoms with Crippen LogP contribution in [0.5, 0.6) is 0 Å². The van der Waals surface area contributed by atoms with E-state index in [1.54, 1.807) is 0 Å². The number of nitrogens with zero attached hydrogens (tertiary/aromatic N) is 1. The molecule has 142 valence electrons. The predicted octanol–water partition coefficient (Wildman–Crippen LogP) is 8.16. The Balaban J connectivity index is 1.75. The summed E-state index contributed by atoms with van der Waals surface area (Å²) in [4.78, 5) is 13.3. The number of benzene rings is 4. The molecule has 4 aromatic carbocycles. The normalized spacial score (nSPS) is 10.6. The quantitative estimate of drug-likeness (QED) is 0.254. The summed E-state index contributed by atoms with van der Waals surface area (Å²) < 4.78 is 2.09. The minimum atomic E-state index is 0.679. The van der Waals surface area contributed by atoms with Gasteiger partial charge in [-0.1, -0.05) is 62.2 Å². The second-order valence-electron chi connectivity index (χ2n) is 6.58. The van der Waals surface area contributed by atoms with Crippen LogP contribution in [0.15, 0.2) is 106 Å². The second kappa shape index (κ2) is 8.76. The molecule has 0 saturated carbocycles. The first kappa shape index (κ1) is 19.6. The third kappa shape index (κ3) is 4.50. The first-order chi connectivity index (χ1) is 14.1. The number of hydrogen-bond donors (Lipinski definition) is 0. The number of carbonyl (C=O) groups excluding carboxylic acids is 1. The van der Waals surface area contributed by atoms with Gasteiger partial charge in [0.1, 0.15) is 6.29 Å². The van der Waals surface area contributed by atoms with Gasteiger partial charge in [-0.25, -0.2) is 0 Å². The molecule has 4 aromatic rings. The van der Waals surface area contributed by atoms with Crippen LogP contribution in [0.1, 0.15) is 10.4 Å². The van der Waals surface area contributed by atoms with Crippen LogP contribution in [0, 0.1) is 0 Å². The maximum atomic E-state index is 11.1. The van der Waals surface area contributed by atoms with Gasteiger partial charge in [-0.05, 0) is 77.9 Å². The molecule has 0 aliphatic heterocycles. The number of aldehydes is 1. The van der Waals surface area contributed by atoms with Crippen molar-refractivity contribution in [3.8, 4) is 11.1 Å². The Morgan fingerprint density at radius 1 is 0.586 bits per heavy atom. The zero-order valence-corrected chi connectivity index (χ0v) is 18.6. The lowest BCUT2D eigenvalue weighted by Gasteiger charge is -2.25. The van der Waals surface area contributed by atoms with Gasteiger partial charge >= 0.3 is 0 Å². The van der Waals surface area contributed by atoms with Gasteiger partial charge in [-0.15, -0.1) is 0 Å². The Labute approximate surface area is 187 Å². The highest BCUT2D eigenvalue weighted by Crippen LogP contribution is 2.36. The van der Waals surface area contributed by atoms with Crippen molar-refractivity contribution in [2.24, 2.45) is 0 Å². The second-order valence-corrected chi connectivity index (χ2v) is 8.41. The summed E-state index contributed by atoms with van der Waals surface area (Å²) in [5.74, 6) is 0. The first-order valence-corrected chi connectivity index (χ1v) is 10.7. The number of carbonyl (C=O) groups is 1. The SMILES string of the molecule is O=Cc1cccc(-c2ccc(N(c3ccc(Br)cc3)c3ccc(Br)cc3)cc2)c1. The summed E-state index contributed by atoms with van der Waals surface area (Å²) in [5, 5.41) is 0. The molecule has 0 N–H and O–H groups in total. The summed E-state index contributed by atoms with van der Waals surface area (Å²) in [6.07, 6.45) is 0.876. The lowest BCUT2D eigenvalue weighted by Crippen LogP contribution is -2.09. The molecule has 0 unspecified atom stereocenters. The molecule has 4 rings (SSSR count). The van der Waals surface area contributed by atoms with E-state index in [9.17, 15) is 4.79 Å². The molecule has 0 saturated heterocycles. The van der Waals surface area contributed by atoms with Crippen LogP contribution >= 0.6 is 31.9 Å². The van der Waals surface area contributed by atoms with E-state index < -0.39 is 0 Å². The van der Waals surface area contributed by atoms with Gasteiger partial charge in [-0.3, -0.25) is 4.79 Å². The van der Waals surface area contributed by atoms with Gasteiger partial charge in [0.15, 0.2) is 0 Å². The van der Waals surface area contributed by atoms with Gasteiger partial charge < -0.3 is 4.90 Å². The molecule has 0 radical (unpaired) electrons. The zero-order chi connectivity index (χ0) is 20.2. The van der Waals surface area contributed by atoms with Crippen molar-refractivity contribution in [3.63, 3.8) is 0 Å². The van der Waals surface area contributed by atoms with E-state index >= 15 is 0 Å². The molecule has 0 aliphatic carbocycles. The highest BCUT2D eigenvalue weighted by atomic mass is 79.9. The highest BCUT2D eigenvalue weighted by molar-refractivity contribution is 9.10. The molecule has 0 aromatic heterocycles. The Morgan fingerprint density at radius 3 is 1.55 bits per heavy atom. The van der Waals surface area contributed by atoms with E-state index in [-0.39, 0.29) is 0 Å². The van der Waals surface area contributed by atoms with Gasteiger partial charge in [0.05, 0.1) is 0 Å². The number of hydrogen-bond acceptors (Lipinski definition) is 2. The van der Waals surface area contributed by atoms with Crippen molar-refractivity contribution in [2.75, 3.05) is 4.90 Å². The monoisotopic (exact) mass is 505 g/mol. The molecule has 2 nitrogen and oxygen atoms in total. The predicted molar refractivity (Wildman–Crippen MR) is 127 cm³/mol. The Kier molecular flexibility index (Phi) is 5.93. The third-order valence-corrected chi connectivity index (χ3v) is 5.71. The van der Waals surface area contributed by atoms with Crippen molar-refractivity contribution in [2.45, 2.75) is 0 Å². The van der Waals surface area contributed by atoms with E-state index in [2.05, 4.69) is 85.3 Å². The average Bonchev–Trinajstić information content (AvgIpc) is 2.77. The van der Waals surface area contributed by atoms with Crippen LogP contribution in [0.3, 0.4) is 0 Å². The fraction of sp³-hybridized carbons (Fsp3) is 0. The average molecular weight is 507 g/mol. The van der Waals surface area contributed by atoms with Crippen LogP contribution in [-0.2, 0) is 0 Å². The summed E-state index contributed by atoms with van der Waals surface area (Å²) in [7, 11) is 0. The van der Waals surface area contributed by atoms with Crippen LogP contribution in [-0.4, -0.2) is 6.29 Å². The van der Waals surface area contributed by atoms with E-state index in [1.165, 1.54) is 0 Å². The minimum Gasteiger partial charge on any atom is -0.311 e. The minimum absolute atomic E-state index is 0.679. The Morgan fingerprint density at radius 2 is 1.07 bits per heavy atom. The van der Waals surface area contributed by atoms with Gasteiger partial charge in [-0.2, -0.15) is 0 Å². The Bertz CT molecular complexity index is 1080. The fourth-order valence-electron chi connectivity index (χ4n) is 3.22. The molecule has 0 fully saturated rings. The summed E-state index contributed by atoms with van der Waals surface area (Å²) >= 11 is 7.03. The van der Waals surface area contributed by atoms with Crippen molar-refractivity contribution in [1.82, 2.24) is 0 Å². The van der Waals surface area contributed by atoms with Crippen LogP contribution in [0.2, 0.25) is 0 Å². The van der Waals surface area contributed by atoms with Crippen molar-refractivity contribution >= 4 is 55.2 Å². The maximum absolute atomic E-state index is 11.1. The molecule has 0 spiro atoms. The van der Waals surface area contributed by atoms with E-state index in [4.69, 9.17) is 0 Å². The smallest absolute Gasteiger partial charge is 0.150 e. The fourth-order valence-corrected chi connectivity index (χ4v) is 3.75. The van der Waals surface area contributed by atoms with Gasteiger partial charge in [0, 0.05) is 31.6 Å². The summed E-state index contributed by atoms with van der Waals surface area (Å²) in [6.45, 7) is 0. The topological polar surface area (TPSA) is 20.3 Å². The molecule has 0 aliphatic rings. The largest absolute Gasteiger partial charge is 0.311 e. The maximum Gasteiger partial charge on any atom is 0.150 e. The van der Waals surface area contributed by atoms with E-state index in [0.29, 0.717) is 5.56 Å². The number of rotatable bonds is 5. The molecular weight excluding hydrogens is 490 g/mol. The van der Waals surface area contributed by atoms with Crippen molar-refractivity contribution in [3.05, 3.63) is 112 Å². The Hall–Kier alpha value is -2.69.